The van der Waals surface area contributed by atoms with E-state index in [9.17, 15) is 14.9 Å². The topological polar surface area (TPSA) is 98.6 Å². The van der Waals surface area contributed by atoms with Gasteiger partial charge in [-0.05, 0) is 24.6 Å². The zero-order valence-corrected chi connectivity index (χ0v) is 17.6. The number of aromatic nitrogens is 1. The molecule has 0 spiro atoms. The maximum absolute atomic E-state index is 12.9. The van der Waals surface area contributed by atoms with Crippen LogP contribution >= 0.6 is 0 Å². The molecule has 2 atom stereocenters. The van der Waals surface area contributed by atoms with Crippen molar-refractivity contribution in [2.75, 3.05) is 32.6 Å². The number of anilines is 1. The lowest BCUT2D eigenvalue weighted by Crippen LogP contribution is -2.41. The summed E-state index contributed by atoms with van der Waals surface area (Å²) in [5, 5.41) is 12.4. The lowest BCUT2D eigenvalue weighted by molar-refractivity contribution is -0.131. The molecule has 1 aromatic heterocycles. The van der Waals surface area contributed by atoms with Gasteiger partial charge in [0, 0.05) is 36.7 Å². The van der Waals surface area contributed by atoms with Crippen LogP contribution in [-0.4, -0.2) is 59.9 Å². The highest BCUT2D eigenvalue weighted by Gasteiger charge is 2.39. The molecule has 2 aromatic rings. The lowest BCUT2D eigenvalue weighted by Gasteiger charge is -2.26. The van der Waals surface area contributed by atoms with Gasteiger partial charge in [-0.1, -0.05) is 24.8 Å². The molecule has 0 saturated carbocycles. The smallest absolute Gasteiger partial charge is 0.243 e. The number of nitrogens with zero attached hydrogens (tertiary/aromatic N) is 4. The van der Waals surface area contributed by atoms with Crippen LogP contribution in [0.25, 0.3) is 5.70 Å². The molecule has 0 aliphatic carbocycles. The highest BCUT2D eigenvalue weighted by molar-refractivity contribution is 5.93. The molecule has 0 radical (unpaired) electrons. The largest absolute Gasteiger partial charge is 0.495 e. The molecule has 1 fully saturated rings. The van der Waals surface area contributed by atoms with E-state index in [-0.39, 0.29) is 24.9 Å². The summed E-state index contributed by atoms with van der Waals surface area (Å²) >= 11 is 0. The van der Waals surface area contributed by atoms with Crippen molar-refractivity contribution in [3.05, 3.63) is 60.9 Å². The Morgan fingerprint density at radius 1 is 1.35 bits per heavy atom. The Bertz CT molecular complexity index is 1000. The molecule has 2 amide bonds. The summed E-state index contributed by atoms with van der Waals surface area (Å²) in [4.78, 5) is 32.8. The Morgan fingerprint density at radius 3 is 2.77 bits per heavy atom. The molecular weight excluding hydrogens is 394 g/mol. The van der Waals surface area contributed by atoms with Gasteiger partial charge in [0.2, 0.25) is 11.8 Å². The molecule has 2 heterocycles. The Balaban J connectivity index is 1.62. The number of rotatable bonds is 7. The minimum atomic E-state index is -0.640. The fourth-order valence-electron chi connectivity index (χ4n) is 3.49. The van der Waals surface area contributed by atoms with Gasteiger partial charge in [0.1, 0.15) is 11.8 Å². The van der Waals surface area contributed by atoms with Crippen molar-refractivity contribution < 1.29 is 14.3 Å². The number of amides is 2. The van der Waals surface area contributed by atoms with E-state index in [1.165, 1.54) is 4.90 Å². The van der Waals surface area contributed by atoms with E-state index in [1.54, 1.807) is 49.7 Å². The Kier molecular flexibility index (Phi) is 6.88. The Labute approximate surface area is 181 Å². The second-order valence-electron chi connectivity index (χ2n) is 7.40. The van der Waals surface area contributed by atoms with Crippen LogP contribution in [0.5, 0.6) is 5.75 Å². The van der Waals surface area contributed by atoms with Gasteiger partial charge >= 0.3 is 0 Å². The zero-order valence-electron chi connectivity index (χ0n) is 17.6. The van der Waals surface area contributed by atoms with E-state index in [0.717, 1.165) is 5.56 Å². The third-order valence-corrected chi connectivity index (χ3v) is 5.30. The number of likely N-dealkylation sites (tertiary alicyclic amines) is 1. The molecule has 1 aliphatic heterocycles. The highest BCUT2D eigenvalue weighted by atomic mass is 16.5. The summed E-state index contributed by atoms with van der Waals surface area (Å²) < 4.78 is 5.18. The molecule has 1 N–H and O–H groups in total. The number of nitriles is 1. The Hall–Kier alpha value is -3.86. The first-order valence-electron chi connectivity index (χ1n) is 9.87. The van der Waals surface area contributed by atoms with Crippen molar-refractivity contribution in [3.8, 4) is 11.8 Å². The number of benzene rings is 1. The number of hydrogen-bond donors (Lipinski definition) is 1. The normalized spacial score (nSPS) is 17.5. The molecule has 8 nitrogen and oxygen atoms in total. The molecule has 1 saturated heterocycles. The van der Waals surface area contributed by atoms with E-state index in [0.29, 0.717) is 23.6 Å². The summed E-state index contributed by atoms with van der Waals surface area (Å²) in [6.45, 7) is 4.27. The van der Waals surface area contributed by atoms with Crippen molar-refractivity contribution in [2.45, 2.75) is 12.5 Å². The molecule has 1 aromatic carbocycles. The summed E-state index contributed by atoms with van der Waals surface area (Å²) in [6.07, 6.45) is 3.54. The summed E-state index contributed by atoms with van der Waals surface area (Å²) in [5.74, 6) is -0.275. The van der Waals surface area contributed by atoms with Crippen molar-refractivity contribution >= 4 is 23.2 Å². The first-order chi connectivity index (χ1) is 14.9. The second kappa shape index (κ2) is 9.76. The van der Waals surface area contributed by atoms with Crippen LogP contribution in [-0.2, 0) is 9.59 Å². The molecule has 2 unspecified atom stereocenters. The maximum Gasteiger partial charge on any atom is 0.243 e. The van der Waals surface area contributed by atoms with Crippen LogP contribution in [0.4, 0.5) is 5.69 Å². The third kappa shape index (κ3) is 5.20. The van der Waals surface area contributed by atoms with Gasteiger partial charge in [-0.15, -0.1) is 0 Å². The van der Waals surface area contributed by atoms with Gasteiger partial charge in [0.15, 0.2) is 0 Å². The second-order valence-corrected chi connectivity index (χ2v) is 7.40. The predicted molar refractivity (Wildman–Crippen MR) is 117 cm³/mol. The summed E-state index contributed by atoms with van der Waals surface area (Å²) in [7, 11) is 3.30. The van der Waals surface area contributed by atoms with Crippen molar-refractivity contribution in [1.29, 1.82) is 5.26 Å². The van der Waals surface area contributed by atoms with Crippen LogP contribution in [0.1, 0.15) is 12.0 Å². The monoisotopic (exact) mass is 419 g/mol. The number of likely N-dealkylation sites (N-methyl/N-ethyl adjacent to an activating group) is 1. The number of ether oxygens (including phenoxy) is 1. The number of carbonyl (C=O) groups is 2. The number of pyridine rings is 1. The number of methoxy groups -OCH3 is 1. The van der Waals surface area contributed by atoms with Crippen LogP contribution in [0, 0.1) is 17.2 Å². The number of nitrogens with one attached hydrogen (secondary N) is 1. The Morgan fingerprint density at radius 2 is 2.10 bits per heavy atom. The SMILES string of the molecule is C=C(c1cncc(OC)c1)N(C)CC(=O)N1CC(C(=O)Nc2ccccc2)CC1C#N. The van der Waals surface area contributed by atoms with Crippen molar-refractivity contribution in [2.24, 2.45) is 5.92 Å². The number of carbonyl (C=O) groups excluding carboxylic acids is 2. The van der Waals surface area contributed by atoms with Gasteiger partial charge in [-0.25, -0.2) is 0 Å². The van der Waals surface area contributed by atoms with Crippen molar-refractivity contribution in [3.63, 3.8) is 0 Å². The standard InChI is InChI=1S/C23H25N5O3/c1-16(17-10-21(31-3)13-25-12-17)27(2)15-22(29)28-14-18(9-20(28)11-24)23(30)26-19-7-5-4-6-8-19/h4-8,10,12-13,18,20H,1,9,14-15H2,2-3H3,(H,26,30). The predicted octanol–water partition coefficient (Wildman–Crippen LogP) is 2.37. The minimum Gasteiger partial charge on any atom is -0.495 e. The summed E-state index contributed by atoms with van der Waals surface area (Å²) in [5.41, 5.74) is 2.02. The molecule has 8 heteroatoms. The van der Waals surface area contributed by atoms with E-state index < -0.39 is 12.0 Å². The molecule has 31 heavy (non-hydrogen) atoms. The van der Waals surface area contributed by atoms with Crippen LogP contribution in [0.15, 0.2) is 55.4 Å². The minimum absolute atomic E-state index is 0.0290. The quantitative estimate of drug-likeness (QED) is 0.740. The van der Waals surface area contributed by atoms with E-state index in [4.69, 9.17) is 4.74 Å². The van der Waals surface area contributed by atoms with E-state index >= 15 is 0 Å². The first kappa shape index (κ1) is 21.8. The van der Waals surface area contributed by atoms with Gasteiger partial charge in [-0.3, -0.25) is 14.6 Å². The van der Waals surface area contributed by atoms with Gasteiger partial charge in [0.25, 0.3) is 0 Å². The molecule has 3 rings (SSSR count). The number of hydrogen-bond acceptors (Lipinski definition) is 6. The number of para-hydroxylation sites is 1. The first-order valence-corrected chi connectivity index (χ1v) is 9.87. The highest BCUT2D eigenvalue weighted by Crippen LogP contribution is 2.26. The lowest BCUT2D eigenvalue weighted by atomic mass is 10.1. The van der Waals surface area contributed by atoms with Crippen LogP contribution in [0.3, 0.4) is 0 Å². The zero-order chi connectivity index (χ0) is 22.4. The van der Waals surface area contributed by atoms with Crippen LogP contribution < -0.4 is 10.1 Å². The molecule has 160 valence electrons. The fraction of sp³-hybridized carbons (Fsp3) is 0.304. The van der Waals surface area contributed by atoms with E-state index in [2.05, 4.69) is 22.9 Å². The summed E-state index contributed by atoms with van der Waals surface area (Å²) in [6, 6.07) is 12.4. The molecule has 0 bridgehead atoms. The average Bonchev–Trinajstić information content (AvgIpc) is 3.24. The van der Waals surface area contributed by atoms with Gasteiger partial charge < -0.3 is 19.9 Å². The van der Waals surface area contributed by atoms with Gasteiger partial charge in [0.05, 0.1) is 31.8 Å². The van der Waals surface area contributed by atoms with E-state index in [1.807, 2.05) is 18.2 Å². The molecular formula is C23H25N5O3. The van der Waals surface area contributed by atoms with Crippen molar-refractivity contribution in [1.82, 2.24) is 14.8 Å². The molecule has 1 aliphatic rings. The third-order valence-electron chi connectivity index (χ3n) is 5.30. The maximum atomic E-state index is 12.9. The fourth-order valence-corrected chi connectivity index (χ4v) is 3.49. The van der Waals surface area contributed by atoms with Crippen LogP contribution in [0.2, 0.25) is 0 Å². The van der Waals surface area contributed by atoms with Gasteiger partial charge in [-0.2, -0.15) is 5.26 Å². The average molecular weight is 419 g/mol.